The van der Waals surface area contributed by atoms with E-state index in [1.54, 1.807) is 39.7 Å². The predicted molar refractivity (Wildman–Crippen MR) is 66.3 cm³/mol. The van der Waals surface area contributed by atoms with Crippen LogP contribution in [0.1, 0.15) is 6.92 Å². The molecule has 0 amide bonds. The number of allylic oxidation sites excluding steroid dienone is 1. The molecule has 0 aliphatic rings. The summed E-state index contributed by atoms with van der Waals surface area (Å²) in [6, 6.07) is 0. The Morgan fingerprint density at radius 1 is 1.53 bits per heavy atom. The molecule has 0 aromatic rings. The summed E-state index contributed by atoms with van der Waals surface area (Å²) in [6.07, 6.45) is 1.49. The molecule has 6 heteroatoms. The molecule has 0 saturated heterocycles. The molecular weight excluding hydrogens is 247 g/mol. The fourth-order valence-electron chi connectivity index (χ4n) is 1.24. The zero-order valence-electron chi connectivity index (χ0n) is 10.8. The molecule has 0 fully saturated rings. The monoisotopic (exact) mass is 265 g/mol. The van der Waals surface area contributed by atoms with Crippen LogP contribution in [0.4, 0.5) is 4.39 Å². The Hall–Kier alpha value is -1.10. The number of rotatable bonds is 5. The third-order valence-corrected chi connectivity index (χ3v) is 2.05. The van der Waals surface area contributed by atoms with Crippen LogP contribution >= 0.6 is 11.6 Å². The summed E-state index contributed by atoms with van der Waals surface area (Å²) in [7, 11) is 6.70. The van der Waals surface area contributed by atoms with Gasteiger partial charge in [0.2, 0.25) is 5.63 Å². The minimum atomic E-state index is -1.76. The molecule has 0 rings (SSSR count). The van der Waals surface area contributed by atoms with Gasteiger partial charge in [-0.05, 0) is 6.92 Å². The molecule has 4 nitrogen and oxygen atoms in total. The zero-order valence-corrected chi connectivity index (χ0v) is 11.6. The predicted octanol–water partition coefficient (Wildman–Crippen LogP) is 1.24. The largest absolute Gasteiger partial charge is 0.462 e. The lowest BCUT2D eigenvalue weighted by Gasteiger charge is -2.19. The van der Waals surface area contributed by atoms with Gasteiger partial charge in [0.1, 0.15) is 19.7 Å². The second-order valence-corrected chi connectivity index (χ2v) is 4.19. The van der Waals surface area contributed by atoms with Crippen LogP contribution in [-0.2, 0) is 9.53 Å². The number of esters is 1. The summed E-state index contributed by atoms with van der Waals surface area (Å²) >= 11 is 5.45. The van der Waals surface area contributed by atoms with Gasteiger partial charge < -0.3 is 9.64 Å². The smallest absolute Gasteiger partial charge is 0.346 e. The third kappa shape index (κ3) is 5.17. The molecule has 0 N–H and O–H groups in total. The molecule has 98 valence electrons. The second kappa shape index (κ2) is 7.27. The van der Waals surface area contributed by atoms with Gasteiger partial charge in [-0.15, -0.1) is 0 Å². The van der Waals surface area contributed by atoms with Crippen LogP contribution in [0.2, 0.25) is 0 Å². The van der Waals surface area contributed by atoms with Gasteiger partial charge in [0.15, 0.2) is 6.21 Å². The number of hydrogen-bond donors (Lipinski definition) is 0. The highest BCUT2D eigenvalue weighted by Gasteiger charge is 2.24. The molecule has 0 aromatic heterocycles. The number of halogens is 2. The maximum atomic E-state index is 13.3. The van der Waals surface area contributed by atoms with Crippen molar-refractivity contribution in [2.75, 3.05) is 34.8 Å². The molecule has 17 heavy (non-hydrogen) atoms. The summed E-state index contributed by atoms with van der Waals surface area (Å²) in [5.74, 6) is -0.590. The number of ether oxygens (including phenoxy) is 1. The summed E-state index contributed by atoms with van der Waals surface area (Å²) in [4.78, 5) is 13.2. The Kier molecular flexibility index (Phi) is 6.80. The Labute approximate surface area is 106 Å². The molecule has 1 atom stereocenters. The lowest BCUT2D eigenvalue weighted by molar-refractivity contribution is -0.458. The first-order valence-corrected chi connectivity index (χ1v) is 5.62. The van der Waals surface area contributed by atoms with Crippen LogP contribution in [0.5, 0.6) is 0 Å². The lowest BCUT2D eigenvalue weighted by atomic mass is 10.2. The number of carbonyl (C=O) groups is 1. The van der Waals surface area contributed by atoms with Crippen LogP contribution in [0, 0.1) is 0 Å². The van der Waals surface area contributed by atoms with Crippen molar-refractivity contribution in [1.29, 1.82) is 0 Å². The van der Waals surface area contributed by atoms with E-state index >= 15 is 0 Å². The molecule has 0 radical (unpaired) electrons. The van der Waals surface area contributed by atoms with E-state index in [2.05, 4.69) is 0 Å². The van der Waals surface area contributed by atoms with E-state index in [0.717, 1.165) is 0 Å². The highest BCUT2D eigenvalue weighted by molar-refractivity contribution is 6.22. The first-order chi connectivity index (χ1) is 7.81. The molecule has 0 spiro atoms. The van der Waals surface area contributed by atoms with Gasteiger partial charge in [0.25, 0.3) is 0 Å². The van der Waals surface area contributed by atoms with E-state index in [9.17, 15) is 9.18 Å². The highest BCUT2D eigenvalue weighted by atomic mass is 35.5. The Bertz CT molecular complexity index is 324. The Morgan fingerprint density at radius 2 is 2.06 bits per heavy atom. The molecule has 0 aliphatic heterocycles. The van der Waals surface area contributed by atoms with Crippen LogP contribution < -0.4 is 0 Å². The van der Waals surface area contributed by atoms with E-state index in [1.165, 1.54) is 11.1 Å². The Balaban J connectivity index is 5.61. The number of nitrogens with zero attached hydrogens (tertiary/aromatic N) is 2. The van der Waals surface area contributed by atoms with Crippen molar-refractivity contribution in [2.24, 2.45) is 0 Å². The standard InChI is InChI=1S/C11H19ClFN2O2/c1-6-17-11(16)8(7-14(2)3)9(10(12)13)15(4)5/h7,10H,6H2,1-5H3/q+1. The molecule has 0 aromatic carbocycles. The fraction of sp³-hybridized carbons (Fsp3) is 0.636. The number of carbonyl (C=O) groups excluding carboxylic acids is 1. The molecular formula is C11H19ClFN2O2+. The maximum absolute atomic E-state index is 13.3. The average molecular weight is 266 g/mol. The summed E-state index contributed by atoms with van der Waals surface area (Å²) in [5, 5.41) is 0. The van der Waals surface area contributed by atoms with Crippen molar-refractivity contribution in [1.82, 2.24) is 4.90 Å². The minimum absolute atomic E-state index is 0.0822. The van der Waals surface area contributed by atoms with E-state index in [4.69, 9.17) is 16.3 Å². The van der Waals surface area contributed by atoms with Crippen molar-refractivity contribution in [3.63, 3.8) is 0 Å². The molecule has 1 unspecified atom stereocenters. The summed E-state index contributed by atoms with van der Waals surface area (Å²) in [6.45, 7) is 1.91. The fourth-order valence-corrected chi connectivity index (χ4v) is 1.56. The molecule has 0 saturated carbocycles. The van der Waals surface area contributed by atoms with Gasteiger partial charge in [-0.1, -0.05) is 11.6 Å². The maximum Gasteiger partial charge on any atom is 0.346 e. The first kappa shape index (κ1) is 15.9. The molecule has 0 heterocycles. The van der Waals surface area contributed by atoms with Gasteiger partial charge in [0.05, 0.1) is 12.3 Å². The SMILES string of the molecule is CCOC(=O)C(C=[N+](C)C)=C(C(F)Cl)N(C)C. The molecule has 0 bridgehead atoms. The first-order valence-electron chi connectivity index (χ1n) is 5.19. The molecule has 0 aliphatic carbocycles. The van der Waals surface area contributed by atoms with E-state index < -0.39 is 11.6 Å². The van der Waals surface area contributed by atoms with Crippen LogP contribution in [0.25, 0.3) is 0 Å². The summed E-state index contributed by atoms with van der Waals surface area (Å²) in [5.41, 5.74) is -1.57. The van der Waals surface area contributed by atoms with Crippen molar-refractivity contribution in [2.45, 2.75) is 12.6 Å². The van der Waals surface area contributed by atoms with E-state index in [-0.39, 0.29) is 17.9 Å². The van der Waals surface area contributed by atoms with Gasteiger partial charge in [0, 0.05) is 14.1 Å². The Morgan fingerprint density at radius 3 is 2.35 bits per heavy atom. The van der Waals surface area contributed by atoms with Crippen molar-refractivity contribution >= 4 is 23.8 Å². The van der Waals surface area contributed by atoms with E-state index in [1.807, 2.05) is 0 Å². The van der Waals surface area contributed by atoms with Crippen LogP contribution in [0.3, 0.4) is 0 Å². The van der Waals surface area contributed by atoms with Gasteiger partial charge in [-0.25, -0.2) is 13.8 Å². The van der Waals surface area contributed by atoms with Gasteiger partial charge in [-0.3, -0.25) is 0 Å². The minimum Gasteiger partial charge on any atom is -0.462 e. The van der Waals surface area contributed by atoms with Crippen molar-refractivity contribution in [3.8, 4) is 0 Å². The van der Waals surface area contributed by atoms with Crippen LogP contribution in [-0.4, -0.2) is 62.1 Å². The second-order valence-electron chi connectivity index (χ2n) is 3.81. The van der Waals surface area contributed by atoms with E-state index in [0.29, 0.717) is 0 Å². The quantitative estimate of drug-likeness (QED) is 0.247. The van der Waals surface area contributed by atoms with Crippen molar-refractivity contribution < 1.29 is 18.5 Å². The highest BCUT2D eigenvalue weighted by Crippen LogP contribution is 2.18. The normalized spacial score (nSPS) is 13.6. The van der Waals surface area contributed by atoms with Crippen molar-refractivity contribution in [3.05, 3.63) is 11.3 Å². The third-order valence-electron chi connectivity index (χ3n) is 1.85. The zero-order chi connectivity index (χ0) is 13.6. The van der Waals surface area contributed by atoms with Crippen LogP contribution in [0.15, 0.2) is 11.3 Å². The topological polar surface area (TPSA) is 32.6 Å². The van der Waals surface area contributed by atoms with Gasteiger partial charge >= 0.3 is 5.97 Å². The number of alkyl halides is 2. The lowest BCUT2D eigenvalue weighted by Crippen LogP contribution is -2.25. The average Bonchev–Trinajstić information content (AvgIpc) is 2.15. The van der Waals surface area contributed by atoms with Gasteiger partial charge in [-0.2, -0.15) is 0 Å². The number of hydrogen-bond acceptors (Lipinski definition) is 3. The summed E-state index contributed by atoms with van der Waals surface area (Å²) < 4.78 is 19.9.